The summed E-state index contributed by atoms with van der Waals surface area (Å²) in [4.78, 5) is 39.0. The summed E-state index contributed by atoms with van der Waals surface area (Å²) >= 11 is 0. The number of hydrogen-bond donors (Lipinski definition) is 8. The number of nitrogens with zero attached hydrogens (tertiary/aromatic N) is 5. The van der Waals surface area contributed by atoms with Gasteiger partial charge in [-0.3, -0.25) is 9.78 Å². The summed E-state index contributed by atoms with van der Waals surface area (Å²) in [5.41, 5.74) is 2.91. The Bertz CT molecular complexity index is 1150. The standard InChI is InChI=1S/C8H12N4O5.C8H11N3O6/c9-4-1-10-12(8(16)11-4)7-6(15)5(14)3(2-13)17-7;12-2-3-5(14)6(15)7(17-3)11-8(16)10-4(13)1-9-11/h1,3,5-7,13-15H,2H2,(H2,9,11,16);1,3,5-7,12,14-15H,2H2,(H,10,13,16)/t2*3-,5-,6-,7-/m11/s1. The van der Waals surface area contributed by atoms with E-state index in [1.807, 2.05) is 4.98 Å². The van der Waals surface area contributed by atoms with Crippen LogP contribution in [0, 0.1) is 0 Å². The van der Waals surface area contributed by atoms with Crippen molar-refractivity contribution in [1.82, 2.24) is 29.5 Å². The minimum absolute atomic E-state index is 0.0574. The number of aliphatic hydroxyl groups is 6. The largest absolute Gasteiger partial charge is 0.394 e. The maximum Gasteiger partial charge on any atom is 0.368 e. The van der Waals surface area contributed by atoms with E-state index in [0.717, 1.165) is 17.1 Å². The van der Waals surface area contributed by atoms with Crippen molar-refractivity contribution in [3.63, 3.8) is 0 Å². The minimum atomic E-state index is -1.41. The van der Waals surface area contributed by atoms with Gasteiger partial charge in [0.1, 0.15) is 48.6 Å². The first-order valence-electron chi connectivity index (χ1n) is 9.73. The van der Waals surface area contributed by atoms with Crippen molar-refractivity contribution in [2.24, 2.45) is 0 Å². The van der Waals surface area contributed by atoms with Gasteiger partial charge in [-0.1, -0.05) is 0 Å². The van der Waals surface area contributed by atoms with Gasteiger partial charge in [0.25, 0.3) is 5.56 Å². The van der Waals surface area contributed by atoms with Crippen LogP contribution in [-0.4, -0.2) is 110 Å². The number of anilines is 1. The van der Waals surface area contributed by atoms with Crippen LogP contribution >= 0.6 is 0 Å². The van der Waals surface area contributed by atoms with Crippen LogP contribution in [-0.2, 0) is 9.47 Å². The first-order valence-corrected chi connectivity index (χ1v) is 9.73. The van der Waals surface area contributed by atoms with Crippen molar-refractivity contribution in [1.29, 1.82) is 0 Å². The molecular weight excluding hydrogens is 466 g/mol. The Kier molecular flexibility index (Phi) is 7.84. The lowest BCUT2D eigenvalue weighted by molar-refractivity contribution is -0.0618. The predicted octanol–water partition coefficient (Wildman–Crippen LogP) is -6.62. The Morgan fingerprint density at radius 2 is 1.35 bits per heavy atom. The van der Waals surface area contributed by atoms with Gasteiger partial charge in [0.05, 0.1) is 19.4 Å². The third-order valence-electron chi connectivity index (χ3n) is 4.99. The topological polar surface area (TPSA) is 281 Å². The fraction of sp³-hybridized carbons (Fsp3) is 0.625. The van der Waals surface area contributed by atoms with E-state index >= 15 is 0 Å². The molecule has 0 amide bonds. The zero-order valence-electron chi connectivity index (χ0n) is 17.2. The Hall–Kier alpha value is -3.10. The monoisotopic (exact) mass is 489 g/mol. The van der Waals surface area contributed by atoms with Crippen molar-refractivity contribution in [3.8, 4) is 0 Å². The molecule has 0 saturated carbocycles. The maximum absolute atomic E-state index is 11.4. The number of H-pyrrole nitrogens is 1. The van der Waals surface area contributed by atoms with Crippen molar-refractivity contribution in [2.75, 3.05) is 18.9 Å². The summed E-state index contributed by atoms with van der Waals surface area (Å²) in [7, 11) is 0. The third kappa shape index (κ3) is 5.03. The first-order chi connectivity index (χ1) is 16.1. The highest BCUT2D eigenvalue weighted by Gasteiger charge is 2.45. The van der Waals surface area contributed by atoms with Crippen LogP contribution in [0.4, 0.5) is 5.82 Å². The number of nitrogens with two attached hydrogens (primary N) is 1. The lowest BCUT2D eigenvalue weighted by atomic mass is 10.1. The molecule has 34 heavy (non-hydrogen) atoms. The molecule has 0 bridgehead atoms. The number of nitrogen functional groups attached to an aromatic ring is 1. The van der Waals surface area contributed by atoms with E-state index in [1.54, 1.807) is 0 Å². The molecule has 2 aliphatic rings. The molecular formula is C16H23N7O11. The zero-order chi connectivity index (χ0) is 25.2. The highest BCUT2D eigenvalue weighted by Crippen LogP contribution is 2.28. The zero-order valence-corrected chi connectivity index (χ0v) is 17.2. The Labute approximate surface area is 188 Å². The number of aromatic nitrogens is 6. The molecule has 8 atom stereocenters. The number of aromatic amines is 1. The van der Waals surface area contributed by atoms with Crippen LogP contribution in [0.1, 0.15) is 12.5 Å². The molecule has 18 heteroatoms. The molecule has 2 aliphatic heterocycles. The molecule has 2 fully saturated rings. The van der Waals surface area contributed by atoms with E-state index < -0.39 is 79.2 Å². The highest BCUT2D eigenvalue weighted by atomic mass is 16.6. The van der Waals surface area contributed by atoms with E-state index in [0.29, 0.717) is 4.68 Å². The summed E-state index contributed by atoms with van der Waals surface area (Å²) in [6.07, 6.45) is -7.86. The van der Waals surface area contributed by atoms with Crippen LogP contribution in [0.5, 0.6) is 0 Å². The lowest BCUT2D eigenvalue weighted by Crippen LogP contribution is -2.39. The predicted molar refractivity (Wildman–Crippen MR) is 106 cm³/mol. The highest BCUT2D eigenvalue weighted by molar-refractivity contribution is 5.19. The van der Waals surface area contributed by atoms with Crippen molar-refractivity contribution in [2.45, 2.75) is 49.1 Å². The number of nitrogens with one attached hydrogen (secondary N) is 1. The molecule has 4 rings (SSSR count). The molecule has 0 aliphatic carbocycles. The lowest BCUT2D eigenvalue weighted by Gasteiger charge is -2.15. The minimum Gasteiger partial charge on any atom is -0.394 e. The summed E-state index contributed by atoms with van der Waals surface area (Å²) in [5.74, 6) is -0.0574. The van der Waals surface area contributed by atoms with Gasteiger partial charge >= 0.3 is 11.4 Å². The van der Waals surface area contributed by atoms with E-state index in [4.69, 9.17) is 25.4 Å². The fourth-order valence-corrected chi connectivity index (χ4v) is 3.24. The quantitative estimate of drug-likeness (QED) is 0.198. The molecule has 2 aromatic rings. The second kappa shape index (κ2) is 10.4. The van der Waals surface area contributed by atoms with E-state index in [2.05, 4.69) is 15.2 Å². The van der Waals surface area contributed by atoms with Gasteiger partial charge in [0.2, 0.25) is 0 Å². The summed E-state index contributed by atoms with van der Waals surface area (Å²) in [6, 6.07) is 0. The molecule has 2 aromatic heterocycles. The van der Waals surface area contributed by atoms with E-state index in [9.17, 15) is 34.8 Å². The molecule has 0 aromatic carbocycles. The van der Waals surface area contributed by atoms with Crippen LogP contribution in [0.15, 0.2) is 26.8 Å². The normalized spacial score (nSPS) is 32.9. The molecule has 4 heterocycles. The Morgan fingerprint density at radius 3 is 1.79 bits per heavy atom. The van der Waals surface area contributed by atoms with Gasteiger partial charge in [0.15, 0.2) is 12.5 Å². The van der Waals surface area contributed by atoms with Gasteiger partial charge in [-0.25, -0.2) is 9.59 Å². The van der Waals surface area contributed by atoms with Crippen LogP contribution in [0.2, 0.25) is 0 Å². The number of aliphatic hydroxyl groups excluding tert-OH is 6. The summed E-state index contributed by atoms with van der Waals surface area (Å²) in [5, 5.41) is 63.2. The van der Waals surface area contributed by atoms with E-state index in [1.165, 1.54) is 0 Å². The number of hydrogen-bond acceptors (Lipinski definition) is 15. The van der Waals surface area contributed by atoms with Crippen molar-refractivity contribution < 1.29 is 40.1 Å². The number of ether oxygens (including phenoxy) is 2. The third-order valence-corrected chi connectivity index (χ3v) is 4.99. The average molecular weight is 489 g/mol. The molecule has 188 valence electrons. The van der Waals surface area contributed by atoms with Crippen molar-refractivity contribution in [3.05, 3.63) is 43.7 Å². The van der Waals surface area contributed by atoms with Gasteiger partial charge in [-0.15, -0.1) is 0 Å². The molecule has 2 saturated heterocycles. The molecule has 18 nitrogen and oxygen atoms in total. The van der Waals surface area contributed by atoms with Gasteiger partial charge in [-0.2, -0.15) is 24.5 Å². The summed E-state index contributed by atoms with van der Waals surface area (Å²) < 4.78 is 11.6. The van der Waals surface area contributed by atoms with Crippen LogP contribution in [0.3, 0.4) is 0 Å². The summed E-state index contributed by atoms with van der Waals surface area (Å²) in [6.45, 7) is -0.987. The molecule has 0 unspecified atom stereocenters. The van der Waals surface area contributed by atoms with Crippen LogP contribution in [0.25, 0.3) is 0 Å². The fourth-order valence-electron chi connectivity index (χ4n) is 3.24. The number of rotatable bonds is 4. The smallest absolute Gasteiger partial charge is 0.368 e. The van der Waals surface area contributed by atoms with Crippen LogP contribution < -0.4 is 22.7 Å². The van der Waals surface area contributed by atoms with E-state index in [-0.39, 0.29) is 5.82 Å². The maximum atomic E-state index is 11.4. The molecule has 0 radical (unpaired) electrons. The SMILES string of the molecule is Nc1cnn([C@@H]2O[C@H](CO)[C@@H](O)[C@H]2O)c(=O)n1.O=c1cnn([C@@H]2O[C@H](CO)[C@@H](O)[C@H]2O)c(=O)[nH]1. The van der Waals surface area contributed by atoms with Gasteiger partial charge in [0, 0.05) is 0 Å². The Morgan fingerprint density at radius 1 is 0.853 bits per heavy atom. The Balaban J connectivity index is 0.000000191. The average Bonchev–Trinajstić information content (AvgIpc) is 3.24. The second-order valence-corrected chi connectivity index (χ2v) is 7.25. The van der Waals surface area contributed by atoms with Crippen molar-refractivity contribution >= 4 is 5.82 Å². The molecule has 0 spiro atoms. The second-order valence-electron chi connectivity index (χ2n) is 7.25. The first kappa shape index (κ1) is 25.5. The van der Waals surface area contributed by atoms with Gasteiger partial charge in [-0.05, 0) is 0 Å². The van der Waals surface area contributed by atoms with Gasteiger partial charge < -0.3 is 45.8 Å². The molecule has 9 N–H and O–H groups in total.